The van der Waals surface area contributed by atoms with E-state index in [-0.39, 0.29) is 5.91 Å². The zero-order chi connectivity index (χ0) is 20.3. The van der Waals surface area contributed by atoms with Crippen molar-refractivity contribution in [3.63, 3.8) is 0 Å². The van der Waals surface area contributed by atoms with E-state index in [2.05, 4.69) is 59.8 Å². The molecule has 1 saturated heterocycles. The smallest absolute Gasteiger partial charge is 0.276 e. The molecule has 1 aliphatic heterocycles. The quantitative estimate of drug-likeness (QED) is 0.452. The van der Waals surface area contributed by atoms with E-state index in [0.717, 1.165) is 43.3 Å². The fourth-order valence-corrected chi connectivity index (χ4v) is 4.30. The first-order valence-electron chi connectivity index (χ1n) is 10.6. The molecule has 30 heavy (non-hydrogen) atoms. The highest BCUT2D eigenvalue weighted by molar-refractivity contribution is 5.93. The van der Waals surface area contributed by atoms with Gasteiger partial charge >= 0.3 is 0 Å². The zero-order valence-electron chi connectivity index (χ0n) is 16.8. The Kier molecular flexibility index (Phi) is 5.06. The Labute approximate surface area is 176 Å². The molecule has 0 saturated carbocycles. The van der Waals surface area contributed by atoms with E-state index in [1.807, 2.05) is 23.1 Å². The summed E-state index contributed by atoms with van der Waals surface area (Å²) in [5.41, 5.74) is 2.69. The standard InChI is InChI=1S/C26H24N2O2/c29-26(28-14-12-20(13-15-28)16-19-6-2-1-3-7-19)24-18-25(30-27-24)23-11-10-21-8-4-5-9-22(21)17-23/h1-11,17-18,20H,12-16H2. The summed E-state index contributed by atoms with van der Waals surface area (Å²) in [6, 6.07) is 26.7. The van der Waals surface area contributed by atoms with E-state index >= 15 is 0 Å². The van der Waals surface area contributed by atoms with Crippen molar-refractivity contribution in [2.24, 2.45) is 5.92 Å². The Morgan fingerprint density at radius 1 is 0.900 bits per heavy atom. The normalized spacial score (nSPS) is 14.9. The second kappa shape index (κ2) is 8.15. The molecule has 2 heterocycles. The van der Waals surface area contributed by atoms with Gasteiger partial charge in [-0.3, -0.25) is 4.79 Å². The van der Waals surface area contributed by atoms with Crippen LogP contribution in [0, 0.1) is 5.92 Å². The molecule has 1 amide bonds. The molecule has 4 aromatic rings. The lowest BCUT2D eigenvalue weighted by atomic mass is 9.90. The molecular weight excluding hydrogens is 372 g/mol. The van der Waals surface area contributed by atoms with E-state index in [1.165, 1.54) is 10.9 Å². The van der Waals surface area contributed by atoms with E-state index in [9.17, 15) is 4.79 Å². The molecule has 3 aromatic carbocycles. The SMILES string of the molecule is O=C(c1cc(-c2ccc3ccccc3c2)on1)N1CCC(Cc2ccccc2)CC1. The molecule has 0 bridgehead atoms. The van der Waals surface area contributed by atoms with Crippen molar-refractivity contribution in [2.45, 2.75) is 19.3 Å². The van der Waals surface area contributed by atoms with Crippen LogP contribution in [0.25, 0.3) is 22.1 Å². The summed E-state index contributed by atoms with van der Waals surface area (Å²) in [5.74, 6) is 1.22. The van der Waals surface area contributed by atoms with E-state index in [0.29, 0.717) is 17.4 Å². The lowest BCUT2D eigenvalue weighted by molar-refractivity contribution is 0.0680. The average molecular weight is 396 g/mol. The topological polar surface area (TPSA) is 46.3 Å². The number of likely N-dealkylation sites (tertiary alicyclic amines) is 1. The van der Waals surface area contributed by atoms with Gasteiger partial charge in [-0.25, -0.2) is 0 Å². The van der Waals surface area contributed by atoms with Gasteiger partial charge in [-0.1, -0.05) is 71.9 Å². The van der Waals surface area contributed by atoms with Crippen molar-refractivity contribution in [2.75, 3.05) is 13.1 Å². The molecule has 1 fully saturated rings. The maximum absolute atomic E-state index is 12.9. The van der Waals surface area contributed by atoms with Crippen molar-refractivity contribution >= 4 is 16.7 Å². The molecular formula is C26H24N2O2. The van der Waals surface area contributed by atoms with Crippen LogP contribution in [0.3, 0.4) is 0 Å². The Balaban J connectivity index is 1.24. The highest BCUT2D eigenvalue weighted by Gasteiger charge is 2.26. The van der Waals surface area contributed by atoms with E-state index < -0.39 is 0 Å². The van der Waals surface area contributed by atoms with Gasteiger partial charge in [-0.05, 0) is 47.6 Å². The number of hydrogen-bond acceptors (Lipinski definition) is 3. The number of amides is 1. The highest BCUT2D eigenvalue weighted by Crippen LogP contribution is 2.27. The molecule has 0 aliphatic carbocycles. The number of rotatable bonds is 4. The first-order valence-corrected chi connectivity index (χ1v) is 10.6. The Morgan fingerprint density at radius 3 is 2.43 bits per heavy atom. The van der Waals surface area contributed by atoms with E-state index in [4.69, 9.17) is 4.52 Å². The maximum Gasteiger partial charge on any atom is 0.276 e. The van der Waals surface area contributed by atoms with Crippen molar-refractivity contribution in [1.29, 1.82) is 0 Å². The van der Waals surface area contributed by atoms with Crippen LogP contribution in [0.5, 0.6) is 0 Å². The van der Waals surface area contributed by atoms with Crippen LogP contribution in [-0.2, 0) is 6.42 Å². The Morgan fingerprint density at radius 2 is 1.63 bits per heavy atom. The molecule has 0 spiro atoms. The lowest BCUT2D eigenvalue weighted by Crippen LogP contribution is -2.39. The summed E-state index contributed by atoms with van der Waals surface area (Å²) < 4.78 is 5.51. The van der Waals surface area contributed by atoms with Gasteiger partial charge < -0.3 is 9.42 Å². The van der Waals surface area contributed by atoms with Crippen molar-refractivity contribution in [3.8, 4) is 11.3 Å². The molecule has 1 aromatic heterocycles. The molecule has 4 heteroatoms. The summed E-state index contributed by atoms with van der Waals surface area (Å²) >= 11 is 0. The fraction of sp³-hybridized carbons (Fsp3) is 0.231. The number of fused-ring (bicyclic) bond motifs is 1. The van der Waals surface area contributed by atoms with Gasteiger partial charge in [-0.15, -0.1) is 0 Å². The lowest BCUT2D eigenvalue weighted by Gasteiger charge is -2.31. The van der Waals surface area contributed by atoms with Crippen molar-refractivity contribution in [3.05, 3.63) is 90.1 Å². The van der Waals surface area contributed by atoms with Gasteiger partial charge in [0.25, 0.3) is 5.91 Å². The summed E-state index contributed by atoms with van der Waals surface area (Å²) in [5, 5.41) is 6.38. The van der Waals surface area contributed by atoms with E-state index in [1.54, 1.807) is 6.07 Å². The molecule has 4 nitrogen and oxygen atoms in total. The van der Waals surface area contributed by atoms with Gasteiger partial charge in [0, 0.05) is 24.7 Å². The number of hydrogen-bond donors (Lipinski definition) is 0. The molecule has 0 unspecified atom stereocenters. The largest absolute Gasteiger partial charge is 0.355 e. The second-order valence-electron chi connectivity index (χ2n) is 8.06. The monoisotopic (exact) mass is 396 g/mol. The van der Waals surface area contributed by atoms with Gasteiger partial charge in [0.2, 0.25) is 0 Å². The number of benzene rings is 3. The number of carbonyl (C=O) groups is 1. The number of carbonyl (C=O) groups excluding carboxylic acids is 1. The highest BCUT2D eigenvalue weighted by atomic mass is 16.5. The third-order valence-corrected chi connectivity index (χ3v) is 6.03. The van der Waals surface area contributed by atoms with Crippen molar-refractivity contribution in [1.82, 2.24) is 10.1 Å². The van der Waals surface area contributed by atoms with Crippen LogP contribution >= 0.6 is 0 Å². The van der Waals surface area contributed by atoms with Gasteiger partial charge in [-0.2, -0.15) is 0 Å². The number of aromatic nitrogens is 1. The van der Waals surface area contributed by atoms with Crippen LogP contribution in [0.15, 0.2) is 83.4 Å². The molecule has 150 valence electrons. The fourth-order valence-electron chi connectivity index (χ4n) is 4.30. The average Bonchev–Trinajstić information content (AvgIpc) is 3.30. The van der Waals surface area contributed by atoms with Crippen LogP contribution in [0.2, 0.25) is 0 Å². The van der Waals surface area contributed by atoms with Crippen LogP contribution in [0.4, 0.5) is 0 Å². The van der Waals surface area contributed by atoms with Crippen LogP contribution in [-0.4, -0.2) is 29.1 Å². The Bertz CT molecular complexity index is 1160. The zero-order valence-corrected chi connectivity index (χ0v) is 16.8. The van der Waals surface area contributed by atoms with Gasteiger partial charge in [0.15, 0.2) is 11.5 Å². The van der Waals surface area contributed by atoms with Gasteiger partial charge in [0.05, 0.1) is 0 Å². The molecule has 5 rings (SSSR count). The minimum absolute atomic E-state index is 0.0380. The molecule has 0 atom stereocenters. The van der Waals surface area contributed by atoms with Crippen LogP contribution < -0.4 is 0 Å². The third kappa shape index (κ3) is 3.86. The second-order valence-corrected chi connectivity index (χ2v) is 8.06. The van der Waals surface area contributed by atoms with Gasteiger partial charge in [0.1, 0.15) is 0 Å². The van der Waals surface area contributed by atoms with Crippen molar-refractivity contribution < 1.29 is 9.32 Å². The predicted molar refractivity (Wildman–Crippen MR) is 118 cm³/mol. The first-order chi connectivity index (χ1) is 14.8. The summed E-state index contributed by atoms with van der Waals surface area (Å²) in [6.45, 7) is 1.54. The maximum atomic E-state index is 12.9. The van der Waals surface area contributed by atoms with Crippen LogP contribution in [0.1, 0.15) is 28.9 Å². The molecule has 0 N–H and O–H groups in total. The predicted octanol–water partition coefficient (Wildman–Crippen LogP) is 5.59. The number of piperidine rings is 1. The third-order valence-electron chi connectivity index (χ3n) is 6.03. The summed E-state index contributed by atoms with van der Waals surface area (Å²) in [7, 11) is 0. The summed E-state index contributed by atoms with van der Waals surface area (Å²) in [4.78, 5) is 14.8. The molecule has 0 radical (unpaired) electrons. The number of nitrogens with zero attached hydrogens (tertiary/aromatic N) is 2. The molecule has 1 aliphatic rings. The Hall–Kier alpha value is -3.40. The summed E-state index contributed by atoms with van der Waals surface area (Å²) in [6.07, 6.45) is 3.13. The first kappa shape index (κ1) is 18.6. The minimum Gasteiger partial charge on any atom is -0.355 e. The minimum atomic E-state index is -0.0380.